The summed E-state index contributed by atoms with van der Waals surface area (Å²) in [6.45, 7) is -1.11. The van der Waals surface area contributed by atoms with E-state index in [1.807, 2.05) is 0 Å². The van der Waals surface area contributed by atoms with E-state index in [9.17, 15) is 71.9 Å². The van der Waals surface area contributed by atoms with Crippen LogP contribution in [0.25, 0.3) is 0 Å². The second-order valence-electron chi connectivity index (χ2n) is 15.9. The number of esters is 2. The summed E-state index contributed by atoms with van der Waals surface area (Å²) < 4.78 is 149. The van der Waals surface area contributed by atoms with Gasteiger partial charge >= 0.3 is 42.4 Å². The molecule has 31 heteroatoms. The summed E-state index contributed by atoms with van der Waals surface area (Å²) >= 11 is 0. The number of halogens is 6. The molecule has 0 fully saturated rings. The maximum atomic E-state index is 12.7. The van der Waals surface area contributed by atoms with E-state index in [0.717, 1.165) is 24.3 Å². The van der Waals surface area contributed by atoms with Gasteiger partial charge in [0.2, 0.25) is 0 Å². The predicted molar refractivity (Wildman–Crippen MR) is 261 cm³/mol. The van der Waals surface area contributed by atoms with Gasteiger partial charge in [0.15, 0.2) is 19.7 Å². The lowest BCUT2D eigenvalue weighted by Crippen LogP contribution is -2.19. The maximum Gasteiger partial charge on any atom is 0.416 e. The third-order valence-electron chi connectivity index (χ3n) is 10.3. The SMILES string of the molecule is COC(=O)c1cc(N)cn1C.COC(=O)c1cc(NC(=O)c2cc(NC(=O)OCCS(=O)(=O)c3ccc(C(F)(F)F)cc3)cn2C)cn1C.Cn1cc(NC(=O)OCCS(=O)(=O)c2ccc(C(F)(F)F)cc2)cc1C(=O)O. The smallest absolute Gasteiger partial charge is 0.416 e. The number of sulfone groups is 2. The van der Waals surface area contributed by atoms with Crippen LogP contribution in [0.3, 0.4) is 0 Å². The molecule has 0 saturated heterocycles. The molecule has 0 aliphatic heterocycles. The van der Waals surface area contributed by atoms with E-state index in [4.69, 9.17) is 20.3 Å². The van der Waals surface area contributed by atoms with Crippen molar-refractivity contribution in [1.82, 2.24) is 18.3 Å². The van der Waals surface area contributed by atoms with Crippen LogP contribution in [0.1, 0.15) is 53.1 Å². The van der Waals surface area contributed by atoms with Crippen LogP contribution in [0.4, 0.5) is 58.7 Å². The highest BCUT2D eigenvalue weighted by Gasteiger charge is 2.32. The molecule has 2 aromatic carbocycles. The quantitative estimate of drug-likeness (QED) is 0.0411. The Balaban J connectivity index is 0.000000285. The van der Waals surface area contributed by atoms with E-state index in [1.54, 1.807) is 38.0 Å². The molecule has 6 aromatic rings. The van der Waals surface area contributed by atoms with Crippen molar-refractivity contribution in [2.75, 3.05) is 60.6 Å². The summed E-state index contributed by atoms with van der Waals surface area (Å²) in [6, 6.07) is 11.5. The maximum absolute atomic E-state index is 12.7. The summed E-state index contributed by atoms with van der Waals surface area (Å²) in [7, 11) is 0.954. The third kappa shape index (κ3) is 17.1. The Morgan fingerprint density at radius 2 is 0.870 bits per heavy atom. The number of benzene rings is 2. The molecule has 6 rings (SSSR count). The van der Waals surface area contributed by atoms with Crippen molar-refractivity contribution in [1.29, 1.82) is 0 Å². The summed E-state index contributed by atoms with van der Waals surface area (Å²) in [6.07, 6.45) is -5.28. The molecule has 0 bridgehead atoms. The van der Waals surface area contributed by atoms with Gasteiger partial charge in [0.1, 0.15) is 36.0 Å². The van der Waals surface area contributed by atoms with Crippen LogP contribution in [0.5, 0.6) is 0 Å². The molecule has 0 radical (unpaired) electrons. The number of alkyl halides is 6. The first-order valence-electron chi connectivity index (χ1n) is 21.6. The number of rotatable bonds is 15. The van der Waals surface area contributed by atoms with Crippen LogP contribution in [0, 0.1) is 0 Å². The lowest BCUT2D eigenvalue weighted by Gasteiger charge is -2.09. The number of nitrogen functional groups attached to an aromatic ring is 1. The first-order valence-corrected chi connectivity index (χ1v) is 24.9. The van der Waals surface area contributed by atoms with Crippen molar-refractivity contribution < 1.29 is 96.0 Å². The van der Waals surface area contributed by atoms with Crippen LogP contribution in [-0.2, 0) is 79.2 Å². The van der Waals surface area contributed by atoms with E-state index < -0.39 is 97.9 Å². The Bertz CT molecular complexity index is 3350. The van der Waals surface area contributed by atoms with Gasteiger partial charge in [-0.05, 0) is 72.8 Å². The number of amides is 3. The summed E-state index contributed by atoms with van der Waals surface area (Å²) in [5.74, 6) is -3.99. The minimum Gasteiger partial charge on any atom is -0.477 e. The van der Waals surface area contributed by atoms with E-state index >= 15 is 0 Å². The fraction of sp³-hybridized carbons (Fsp3) is 0.261. The Hall–Kier alpha value is -8.74. The van der Waals surface area contributed by atoms with Crippen LogP contribution in [0.2, 0.25) is 0 Å². The molecule has 0 saturated carbocycles. The highest BCUT2D eigenvalue weighted by Crippen LogP contribution is 2.31. The van der Waals surface area contributed by atoms with E-state index in [1.165, 1.54) is 71.8 Å². The number of carboxylic acid groups (broad SMARTS) is 1. The van der Waals surface area contributed by atoms with Crippen molar-refractivity contribution in [3.05, 3.63) is 131 Å². The van der Waals surface area contributed by atoms with E-state index in [2.05, 4.69) is 25.4 Å². The van der Waals surface area contributed by atoms with Gasteiger partial charge in [-0.25, -0.2) is 40.8 Å². The number of nitrogens with zero attached hydrogens (tertiary/aromatic N) is 4. The van der Waals surface area contributed by atoms with Gasteiger partial charge in [0, 0.05) is 53.0 Å². The van der Waals surface area contributed by atoms with Gasteiger partial charge in [-0.15, -0.1) is 0 Å². The first kappa shape index (κ1) is 60.8. The number of aromatic carboxylic acids is 1. The largest absolute Gasteiger partial charge is 0.477 e. The van der Waals surface area contributed by atoms with E-state index in [-0.39, 0.29) is 44.2 Å². The van der Waals surface area contributed by atoms with Crippen LogP contribution in [-0.4, -0.2) is 115 Å². The van der Waals surface area contributed by atoms with Gasteiger partial charge in [-0.2, -0.15) is 26.3 Å². The number of carboxylic acids is 1. The van der Waals surface area contributed by atoms with Crippen molar-refractivity contribution in [3.8, 4) is 0 Å². The number of hydrogen-bond donors (Lipinski definition) is 5. The molecule has 4 heterocycles. The number of nitrogens with two attached hydrogens (primary N) is 1. The van der Waals surface area contributed by atoms with Crippen LogP contribution < -0.4 is 21.7 Å². The number of hydrogen-bond acceptors (Lipinski definition) is 15. The number of carbonyl (C=O) groups is 6. The minimum atomic E-state index is -4.60. The Morgan fingerprint density at radius 3 is 1.22 bits per heavy atom. The zero-order valence-electron chi connectivity index (χ0n) is 41.2. The van der Waals surface area contributed by atoms with Gasteiger partial charge in [-0.3, -0.25) is 15.4 Å². The minimum absolute atomic E-state index is 0.0832. The van der Waals surface area contributed by atoms with E-state index in [0.29, 0.717) is 41.3 Å². The molecule has 0 spiro atoms. The predicted octanol–water partition coefficient (Wildman–Crippen LogP) is 6.60. The molecule has 0 aliphatic rings. The number of aromatic nitrogens is 4. The zero-order valence-corrected chi connectivity index (χ0v) is 42.8. The first-order chi connectivity index (χ1) is 35.8. The molecule has 4 aromatic heterocycles. The second-order valence-corrected chi connectivity index (χ2v) is 20.1. The molecule has 6 N–H and O–H groups in total. The number of nitrogens with one attached hydrogen (secondary N) is 3. The van der Waals surface area contributed by atoms with Crippen molar-refractivity contribution in [2.24, 2.45) is 28.2 Å². The number of methoxy groups -OCH3 is 2. The van der Waals surface area contributed by atoms with Gasteiger partial charge in [0.25, 0.3) is 5.91 Å². The molecular formula is C46H48F6N8O15S2. The normalized spacial score (nSPS) is 11.4. The third-order valence-corrected chi connectivity index (χ3v) is 13.7. The highest BCUT2D eigenvalue weighted by molar-refractivity contribution is 7.91. The Labute approximate surface area is 433 Å². The van der Waals surface area contributed by atoms with Crippen molar-refractivity contribution >= 4 is 78.4 Å². The summed E-state index contributed by atoms with van der Waals surface area (Å²) in [4.78, 5) is 69.3. The molecule has 23 nitrogen and oxygen atoms in total. The monoisotopic (exact) mass is 1130 g/mol. The average Bonchev–Trinajstić information content (AvgIpc) is 4.11. The molecule has 77 heavy (non-hydrogen) atoms. The second kappa shape index (κ2) is 25.2. The molecule has 0 atom stereocenters. The molecule has 0 aliphatic carbocycles. The molecular weight excluding hydrogens is 1080 g/mol. The molecule has 416 valence electrons. The lowest BCUT2D eigenvalue weighted by atomic mass is 10.2. The standard InChI is InChI=1S/C23H23F3N4O7S.C16H15F3N2O6S.C7H10N2O2/c1-29-13-16(10-18(29)20(31)27-15-11-19(21(32)36-3)30(2)12-15)28-22(33)37-8-9-38(34,35)17-6-4-14(5-7-17)23(24,25)26;1-21-9-11(8-13(21)14(22)23)20-15(24)27-6-7-28(25,26)12-4-2-10(3-5-12)16(17,18)19;1-9-4-5(8)3-6(9)7(10)11-2/h4-7,10-13H,8-9H2,1-3H3,(H,27,31)(H,28,33);2-5,8-9H,6-7H2,1H3,(H,20,24)(H,22,23);3-4H,8H2,1-2H3. The van der Waals surface area contributed by atoms with Gasteiger partial charge < -0.3 is 53.4 Å². The zero-order chi connectivity index (χ0) is 57.8. The Kier molecular flexibility index (Phi) is 19.9. The number of ether oxygens (including phenoxy) is 4. The van der Waals surface area contributed by atoms with Gasteiger partial charge in [0.05, 0.1) is 69.4 Å². The van der Waals surface area contributed by atoms with Crippen molar-refractivity contribution in [3.63, 3.8) is 0 Å². The summed E-state index contributed by atoms with van der Waals surface area (Å²) in [5.41, 5.74) is 5.43. The number of carbonyl (C=O) groups excluding carboxylic acids is 5. The molecule has 3 amide bonds. The topological polar surface area (TPSA) is 310 Å². The van der Waals surface area contributed by atoms with Crippen LogP contribution in [0.15, 0.2) is 107 Å². The fourth-order valence-corrected chi connectivity index (χ4v) is 8.65. The van der Waals surface area contributed by atoms with Crippen molar-refractivity contribution in [2.45, 2.75) is 22.1 Å². The van der Waals surface area contributed by atoms with Gasteiger partial charge in [-0.1, -0.05) is 0 Å². The fourth-order valence-electron chi connectivity index (χ4n) is 6.47. The number of aryl methyl sites for hydroxylation is 4. The lowest BCUT2D eigenvalue weighted by molar-refractivity contribution is -0.138. The highest BCUT2D eigenvalue weighted by atomic mass is 32.2. The average molecular weight is 1130 g/mol. The number of anilines is 4. The molecule has 0 unspecified atom stereocenters. The Morgan fingerprint density at radius 1 is 0.532 bits per heavy atom. The summed E-state index contributed by atoms with van der Waals surface area (Å²) in [5, 5.41) is 16.1. The van der Waals surface area contributed by atoms with Crippen LogP contribution >= 0.6 is 0 Å².